The van der Waals surface area contributed by atoms with Gasteiger partial charge in [0.25, 0.3) is 0 Å². The molecule has 0 amide bonds. The Bertz CT molecular complexity index is 1130. The first-order chi connectivity index (χ1) is 15.7. The summed E-state index contributed by atoms with van der Waals surface area (Å²) >= 11 is 0. The van der Waals surface area contributed by atoms with Crippen molar-refractivity contribution in [3.8, 4) is 11.4 Å². The van der Waals surface area contributed by atoms with E-state index in [-0.39, 0.29) is 23.0 Å². The first-order valence-corrected chi connectivity index (χ1v) is 10.4. The lowest BCUT2D eigenvalue weighted by Gasteiger charge is -2.23. The minimum atomic E-state index is -4.56. The zero-order valence-electron chi connectivity index (χ0n) is 18.4. The zero-order chi connectivity index (χ0) is 24.0. The van der Waals surface area contributed by atoms with Gasteiger partial charge < -0.3 is 21.7 Å². The Morgan fingerprint density at radius 3 is 2.45 bits per heavy atom. The molecule has 1 aromatic heterocycles. The van der Waals surface area contributed by atoms with Crippen molar-refractivity contribution >= 4 is 23.2 Å². The highest BCUT2D eigenvalue weighted by atomic mass is 19.4. The fraction of sp³-hybridized carbons (Fsp3) is 0.261. The van der Waals surface area contributed by atoms with E-state index in [9.17, 15) is 13.2 Å². The maximum Gasteiger partial charge on any atom is 0.417 e. The summed E-state index contributed by atoms with van der Waals surface area (Å²) in [5.41, 5.74) is 12.1. The molecule has 0 atom stereocenters. The molecule has 2 aromatic carbocycles. The first kappa shape index (κ1) is 24.0. The Morgan fingerprint density at radius 1 is 1.09 bits per heavy atom. The van der Waals surface area contributed by atoms with Crippen LogP contribution in [0.2, 0.25) is 0 Å². The number of alkyl halides is 3. The number of para-hydroxylation sites is 1. The van der Waals surface area contributed by atoms with Crippen LogP contribution in [0.25, 0.3) is 11.4 Å². The molecule has 0 fully saturated rings. The molecule has 1 heterocycles. The van der Waals surface area contributed by atoms with Gasteiger partial charge in [0, 0.05) is 42.5 Å². The number of amidine groups is 1. The number of hydrogen-bond acceptors (Lipinski definition) is 6. The third-order valence-corrected chi connectivity index (χ3v) is 4.98. The smallest absolute Gasteiger partial charge is 0.398 e. The molecule has 0 spiro atoms. The van der Waals surface area contributed by atoms with Gasteiger partial charge in [0.1, 0.15) is 11.7 Å². The SMILES string of the molecule is CCN(CCNC)c1cc(N=C(N)c2ccccc2N)nc(-c2ccccc2C(F)(F)F)n1. The van der Waals surface area contributed by atoms with E-state index < -0.39 is 11.7 Å². The van der Waals surface area contributed by atoms with Gasteiger partial charge in [0.05, 0.1) is 5.56 Å². The third-order valence-electron chi connectivity index (χ3n) is 4.98. The molecule has 3 aromatic rings. The fourth-order valence-electron chi connectivity index (χ4n) is 3.28. The molecule has 0 bridgehead atoms. The second-order valence-corrected chi connectivity index (χ2v) is 7.22. The molecule has 5 N–H and O–H groups in total. The van der Waals surface area contributed by atoms with Gasteiger partial charge >= 0.3 is 6.18 Å². The van der Waals surface area contributed by atoms with E-state index in [0.29, 0.717) is 36.7 Å². The predicted molar refractivity (Wildman–Crippen MR) is 126 cm³/mol. The topological polar surface area (TPSA) is 105 Å². The van der Waals surface area contributed by atoms with Crippen molar-refractivity contribution in [2.75, 3.05) is 37.3 Å². The monoisotopic (exact) mass is 457 g/mol. The van der Waals surface area contributed by atoms with Crippen LogP contribution in [0.3, 0.4) is 0 Å². The molecule has 0 unspecified atom stereocenters. The van der Waals surface area contributed by atoms with Crippen molar-refractivity contribution in [3.63, 3.8) is 0 Å². The molecule has 0 saturated heterocycles. The molecule has 0 aliphatic carbocycles. The summed E-state index contributed by atoms with van der Waals surface area (Å²) in [5, 5.41) is 3.06. The van der Waals surface area contributed by atoms with Gasteiger partial charge in [-0.15, -0.1) is 0 Å². The number of anilines is 2. The number of benzene rings is 2. The Kier molecular flexibility index (Phi) is 7.49. The van der Waals surface area contributed by atoms with Gasteiger partial charge in [-0.05, 0) is 32.2 Å². The van der Waals surface area contributed by atoms with Crippen LogP contribution < -0.4 is 21.7 Å². The lowest BCUT2D eigenvalue weighted by Crippen LogP contribution is -2.31. The Hall–Kier alpha value is -3.66. The van der Waals surface area contributed by atoms with Gasteiger partial charge in [-0.2, -0.15) is 13.2 Å². The van der Waals surface area contributed by atoms with E-state index in [2.05, 4.69) is 20.3 Å². The average molecular weight is 458 g/mol. The summed E-state index contributed by atoms with van der Waals surface area (Å²) in [6.45, 7) is 3.77. The Morgan fingerprint density at radius 2 is 1.79 bits per heavy atom. The maximum atomic E-state index is 13.7. The largest absolute Gasteiger partial charge is 0.417 e. The lowest BCUT2D eigenvalue weighted by atomic mass is 10.1. The number of hydrogen-bond donors (Lipinski definition) is 3. The number of aliphatic imine (C=N–C) groups is 1. The van der Waals surface area contributed by atoms with E-state index in [1.165, 1.54) is 18.2 Å². The van der Waals surface area contributed by atoms with Crippen LogP contribution in [-0.4, -0.2) is 42.5 Å². The summed E-state index contributed by atoms with van der Waals surface area (Å²) in [4.78, 5) is 15.0. The fourth-order valence-corrected chi connectivity index (χ4v) is 3.28. The number of likely N-dealkylation sites (N-methyl/N-ethyl adjacent to an activating group) is 2. The maximum absolute atomic E-state index is 13.7. The van der Waals surface area contributed by atoms with Gasteiger partial charge in [-0.25, -0.2) is 15.0 Å². The second-order valence-electron chi connectivity index (χ2n) is 7.22. The first-order valence-electron chi connectivity index (χ1n) is 10.4. The molecular formula is C23H26F3N7. The Balaban J connectivity index is 2.18. The normalized spacial score (nSPS) is 12.1. The predicted octanol–water partition coefficient (Wildman–Crippen LogP) is 3.83. The molecule has 3 rings (SSSR count). The second kappa shape index (κ2) is 10.3. The molecule has 0 saturated carbocycles. The summed E-state index contributed by atoms with van der Waals surface area (Å²) in [6, 6.07) is 13.7. The molecule has 33 heavy (non-hydrogen) atoms. The van der Waals surface area contributed by atoms with Crippen molar-refractivity contribution in [1.29, 1.82) is 0 Å². The lowest BCUT2D eigenvalue weighted by molar-refractivity contribution is -0.137. The van der Waals surface area contributed by atoms with Crippen LogP contribution in [0.4, 0.5) is 30.5 Å². The summed E-state index contributed by atoms with van der Waals surface area (Å²) in [7, 11) is 1.82. The van der Waals surface area contributed by atoms with Crippen LogP contribution >= 0.6 is 0 Å². The number of nitrogen functional groups attached to an aromatic ring is 1. The van der Waals surface area contributed by atoms with Gasteiger partial charge in [0.15, 0.2) is 11.6 Å². The summed E-state index contributed by atoms with van der Waals surface area (Å²) in [5.74, 6) is 0.597. The third kappa shape index (κ3) is 5.78. The van der Waals surface area contributed by atoms with Crippen molar-refractivity contribution < 1.29 is 13.2 Å². The molecule has 0 aliphatic heterocycles. The standard InChI is InChI=1S/C23H26F3N7/c1-3-33(13-12-29-2)20-14-19(30-21(28)16-9-5-7-11-18(16)27)31-22(32-20)15-8-4-6-10-17(15)23(24,25)26/h4-11,14,29H,3,12-13,27H2,1-2H3,(H2,28,30,31,32). The van der Waals surface area contributed by atoms with E-state index in [1.807, 2.05) is 18.9 Å². The van der Waals surface area contributed by atoms with Crippen LogP contribution in [0.15, 0.2) is 59.6 Å². The van der Waals surface area contributed by atoms with Crippen LogP contribution in [-0.2, 0) is 6.18 Å². The molecular weight excluding hydrogens is 431 g/mol. The van der Waals surface area contributed by atoms with E-state index >= 15 is 0 Å². The zero-order valence-corrected chi connectivity index (χ0v) is 18.4. The highest BCUT2D eigenvalue weighted by molar-refractivity contribution is 6.03. The van der Waals surface area contributed by atoms with Gasteiger partial charge in [-0.1, -0.05) is 30.3 Å². The molecule has 174 valence electrons. The van der Waals surface area contributed by atoms with Crippen molar-refractivity contribution in [1.82, 2.24) is 15.3 Å². The number of halogens is 3. The van der Waals surface area contributed by atoms with E-state index in [4.69, 9.17) is 11.5 Å². The average Bonchev–Trinajstić information content (AvgIpc) is 2.79. The van der Waals surface area contributed by atoms with Gasteiger partial charge in [0.2, 0.25) is 0 Å². The molecule has 0 aliphatic rings. The number of nitrogens with zero attached hydrogens (tertiary/aromatic N) is 4. The van der Waals surface area contributed by atoms with E-state index in [1.54, 1.807) is 30.3 Å². The van der Waals surface area contributed by atoms with Gasteiger partial charge in [-0.3, -0.25) is 0 Å². The van der Waals surface area contributed by atoms with Crippen LogP contribution in [0.1, 0.15) is 18.1 Å². The van der Waals surface area contributed by atoms with Crippen molar-refractivity contribution in [3.05, 3.63) is 65.7 Å². The van der Waals surface area contributed by atoms with Crippen LogP contribution in [0, 0.1) is 0 Å². The molecule has 10 heteroatoms. The highest BCUT2D eigenvalue weighted by Crippen LogP contribution is 2.36. The minimum absolute atomic E-state index is 0.0871. The van der Waals surface area contributed by atoms with Crippen molar-refractivity contribution in [2.45, 2.75) is 13.1 Å². The quantitative estimate of drug-likeness (QED) is 0.270. The number of nitrogens with one attached hydrogen (secondary N) is 1. The highest BCUT2D eigenvalue weighted by Gasteiger charge is 2.34. The number of aromatic nitrogens is 2. The van der Waals surface area contributed by atoms with E-state index in [0.717, 1.165) is 6.07 Å². The van der Waals surface area contributed by atoms with Crippen molar-refractivity contribution in [2.24, 2.45) is 10.7 Å². The minimum Gasteiger partial charge on any atom is -0.398 e. The Labute approximate surface area is 190 Å². The van der Waals surface area contributed by atoms with Crippen LogP contribution in [0.5, 0.6) is 0 Å². The molecule has 0 radical (unpaired) electrons. The number of nitrogens with two attached hydrogens (primary N) is 2. The molecule has 7 nitrogen and oxygen atoms in total. The number of rotatable bonds is 8. The summed E-state index contributed by atoms with van der Waals surface area (Å²) < 4.78 is 41.0. The summed E-state index contributed by atoms with van der Waals surface area (Å²) in [6.07, 6.45) is -4.56.